The number of alkyl carbamates (subject to hydrolysis) is 1. The van der Waals surface area contributed by atoms with Gasteiger partial charge in [-0.3, -0.25) is 0 Å². The monoisotopic (exact) mass is 499 g/mol. The fraction of sp³-hybridized carbons (Fsp3) is 0.700. The molecule has 2 aliphatic heterocycles. The number of aromatic nitrogens is 2. The lowest BCUT2D eigenvalue weighted by Crippen LogP contribution is -2.55. The van der Waals surface area contributed by atoms with Crippen molar-refractivity contribution in [1.29, 1.82) is 0 Å². The predicted octanol–water partition coefficient (Wildman–Crippen LogP) is 2.51. The van der Waals surface area contributed by atoms with Crippen LogP contribution in [0.15, 0.2) is 4.60 Å². The summed E-state index contributed by atoms with van der Waals surface area (Å²) in [4.78, 5) is 35.2. The number of rotatable bonds is 3. The van der Waals surface area contributed by atoms with Crippen molar-refractivity contribution >= 4 is 39.6 Å². The molecule has 2 fully saturated rings. The minimum absolute atomic E-state index is 0.110. The number of carbonyl (C=O) groups is 2. The first kappa shape index (κ1) is 23.5. The van der Waals surface area contributed by atoms with E-state index >= 15 is 0 Å². The van der Waals surface area contributed by atoms with E-state index in [-0.39, 0.29) is 29.1 Å². The highest BCUT2D eigenvalue weighted by molar-refractivity contribution is 9.10. The van der Waals surface area contributed by atoms with Gasteiger partial charge in [-0.05, 0) is 56.5 Å². The molecule has 0 aromatic carbocycles. The Morgan fingerprint density at radius 3 is 2.52 bits per heavy atom. The van der Waals surface area contributed by atoms with E-state index in [1.165, 1.54) is 7.11 Å². The second-order valence-corrected chi connectivity index (χ2v) is 9.80. The van der Waals surface area contributed by atoms with Crippen LogP contribution in [0.4, 0.5) is 16.4 Å². The van der Waals surface area contributed by atoms with Crippen LogP contribution in [0.5, 0.6) is 0 Å². The molecule has 0 aliphatic carbocycles. The van der Waals surface area contributed by atoms with Gasteiger partial charge in [-0.25, -0.2) is 19.6 Å². The van der Waals surface area contributed by atoms with Crippen molar-refractivity contribution in [1.82, 2.24) is 15.3 Å². The molecule has 3 rings (SSSR count). The van der Waals surface area contributed by atoms with Gasteiger partial charge in [0.05, 0.1) is 25.9 Å². The molecule has 1 spiro atoms. The maximum Gasteiger partial charge on any atom is 0.407 e. The van der Waals surface area contributed by atoms with Gasteiger partial charge in [0.1, 0.15) is 10.2 Å². The van der Waals surface area contributed by atoms with Crippen molar-refractivity contribution in [2.24, 2.45) is 5.41 Å². The summed E-state index contributed by atoms with van der Waals surface area (Å²) in [5.74, 6) is 0.0158. The van der Waals surface area contributed by atoms with Crippen molar-refractivity contribution in [3.8, 4) is 0 Å². The summed E-state index contributed by atoms with van der Waals surface area (Å²) in [5, 5.41) is 3.02. The predicted molar refractivity (Wildman–Crippen MR) is 118 cm³/mol. The Morgan fingerprint density at radius 2 is 1.94 bits per heavy atom. The van der Waals surface area contributed by atoms with E-state index in [4.69, 9.17) is 19.9 Å². The quantitative estimate of drug-likeness (QED) is 0.602. The lowest BCUT2D eigenvalue weighted by atomic mass is 9.73. The molecule has 1 aromatic heterocycles. The van der Waals surface area contributed by atoms with Crippen LogP contribution >= 0.6 is 15.9 Å². The highest BCUT2D eigenvalue weighted by Crippen LogP contribution is 2.43. The largest absolute Gasteiger partial charge is 0.464 e. The Labute approximate surface area is 190 Å². The van der Waals surface area contributed by atoms with Crippen LogP contribution in [0.2, 0.25) is 0 Å². The first-order chi connectivity index (χ1) is 14.5. The lowest BCUT2D eigenvalue weighted by molar-refractivity contribution is 0.0433. The van der Waals surface area contributed by atoms with E-state index in [0.29, 0.717) is 30.1 Å². The highest BCUT2D eigenvalue weighted by atomic mass is 79.9. The minimum Gasteiger partial charge on any atom is -0.464 e. The number of hydrogen-bond donors (Lipinski definition) is 2. The molecule has 1 aromatic rings. The summed E-state index contributed by atoms with van der Waals surface area (Å²) in [5.41, 5.74) is 5.22. The Bertz CT molecular complexity index is 851. The SMILES string of the molecule is COC(=O)c1nc(Br)c(N)nc1N1CCC2(CC1)CO[C@@H](C)[C@H]2NC(=O)OC(C)(C)C. The van der Waals surface area contributed by atoms with E-state index in [9.17, 15) is 9.59 Å². The van der Waals surface area contributed by atoms with Gasteiger partial charge in [0.25, 0.3) is 0 Å². The normalized spacial score (nSPS) is 23.0. The van der Waals surface area contributed by atoms with Gasteiger partial charge in [0.15, 0.2) is 17.3 Å². The first-order valence-corrected chi connectivity index (χ1v) is 11.0. The molecular formula is C20H30BrN5O5. The molecule has 3 N–H and O–H groups in total. The Hall–Kier alpha value is -2.14. The van der Waals surface area contributed by atoms with Gasteiger partial charge in [-0.15, -0.1) is 0 Å². The maximum absolute atomic E-state index is 12.4. The minimum atomic E-state index is -0.578. The van der Waals surface area contributed by atoms with Crippen molar-refractivity contribution in [2.45, 2.75) is 58.3 Å². The smallest absolute Gasteiger partial charge is 0.407 e. The third-order valence-corrected chi connectivity index (χ3v) is 6.32. The van der Waals surface area contributed by atoms with E-state index in [2.05, 4.69) is 31.2 Å². The number of nitrogens with two attached hydrogens (primary N) is 1. The Kier molecular flexibility index (Phi) is 6.66. The van der Waals surface area contributed by atoms with Crippen LogP contribution in [-0.2, 0) is 14.2 Å². The Balaban J connectivity index is 1.77. The second kappa shape index (κ2) is 8.78. The molecular weight excluding hydrogens is 470 g/mol. The molecule has 1 amide bonds. The van der Waals surface area contributed by atoms with Gasteiger partial charge < -0.3 is 30.2 Å². The van der Waals surface area contributed by atoms with Crippen molar-refractivity contribution in [3.05, 3.63) is 10.3 Å². The summed E-state index contributed by atoms with van der Waals surface area (Å²) < 4.78 is 16.5. The lowest BCUT2D eigenvalue weighted by Gasteiger charge is -2.43. The molecule has 0 bridgehead atoms. The molecule has 3 heterocycles. The molecule has 2 aliphatic rings. The Morgan fingerprint density at radius 1 is 1.29 bits per heavy atom. The third-order valence-electron chi connectivity index (χ3n) is 5.73. The number of nitrogens with zero attached hydrogens (tertiary/aromatic N) is 3. The molecule has 2 saturated heterocycles. The van der Waals surface area contributed by atoms with E-state index in [1.807, 2.05) is 32.6 Å². The summed E-state index contributed by atoms with van der Waals surface area (Å²) >= 11 is 3.21. The number of ether oxygens (including phenoxy) is 3. The zero-order valence-electron chi connectivity index (χ0n) is 18.5. The fourth-order valence-electron chi connectivity index (χ4n) is 4.18. The summed E-state index contributed by atoms with van der Waals surface area (Å²) in [7, 11) is 1.30. The number of hydrogen-bond acceptors (Lipinski definition) is 9. The number of piperidine rings is 1. The van der Waals surface area contributed by atoms with Gasteiger partial charge >= 0.3 is 12.1 Å². The highest BCUT2D eigenvalue weighted by Gasteiger charge is 2.51. The summed E-state index contributed by atoms with van der Waals surface area (Å²) in [6, 6.07) is -0.175. The standard InChI is InChI=1S/C20H30BrN5O5/c1-11-13(24-18(28)31-19(2,3)4)20(10-30-11)6-8-26(9-7-20)16-12(17(27)29-5)23-14(21)15(22)25-16/h11,13H,6-10H2,1-5H3,(H2,22,25)(H,24,28)/t11-,13+/m0/s1. The van der Waals surface area contributed by atoms with Crippen LogP contribution in [0.25, 0.3) is 0 Å². The fourth-order valence-corrected chi connectivity index (χ4v) is 4.44. The molecule has 172 valence electrons. The first-order valence-electron chi connectivity index (χ1n) is 10.2. The molecule has 2 atom stereocenters. The zero-order valence-corrected chi connectivity index (χ0v) is 20.1. The number of nitrogens with one attached hydrogen (secondary N) is 1. The van der Waals surface area contributed by atoms with Gasteiger partial charge in [-0.2, -0.15) is 0 Å². The molecule has 31 heavy (non-hydrogen) atoms. The zero-order chi connectivity index (χ0) is 23.0. The van der Waals surface area contributed by atoms with Crippen molar-refractivity contribution in [3.63, 3.8) is 0 Å². The average molecular weight is 500 g/mol. The van der Waals surface area contributed by atoms with Crippen LogP contribution in [0, 0.1) is 5.41 Å². The van der Waals surface area contributed by atoms with Crippen LogP contribution < -0.4 is 16.0 Å². The number of anilines is 2. The number of methoxy groups -OCH3 is 1. The number of halogens is 1. The second-order valence-electron chi connectivity index (χ2n) is 9.05. The number of amides is 1. The van der Waals surface area contributed by atoms with Crippen LogP contribution in [-0.4, -0.2) is 66.6 Å². The average Bonchev–Trinajstić information content (AvgIpc) is 2.98. The molecule has 0 radical (unpaired) electrons. The molecule has 11 heteroatoms. The number of nitrogen functional groups attached to an aromatic ring is 1. The third kappa shape index (κ3) is 5.03. The van der Waals surface area contributed by atoms with Gasteiger partial charge in [0, 0.05) is 18.5 Å². The van der Waals surface area contributed by atoms with Crippen LogP contribution in [0.1, 0.15) is 51.0 Å². The van der Waals surface area contributed by atoms with E-state index in [1.54, 1.807) is 0 Å². The number of esters is 1. The van der Waals surface area contributed by atoms with Crippen LogP contribution in [0.3, 0.4) is 0 Å². The molecule has 10 nitrogen and oxygen atoms in total. The molecule has 0 saturated carbocycles. The van der Waals surface area contributed by atoms with Crippen molar-refractivity contribution < 1.29 is 23.8 Å². The number of carbonyl (C=O) groups excluding carboxylic acids is 2. The van der Waals surface area contributed by atoms with Crippen molar-refractivity contribution in [2.75, 3.05) is 37.4 Å². The van der Waals surface area contributed by atoms with Gasteiger partial charge in [0.2, 0.25) is 0 Å². The summed E-state index contributed by atoms with van der Waals surface area (Å²) in [6.07, 6.45) is 0.885. The summed E-state index contributed by atoms with van der Waals surface area (Å²) in [6.45, 7) is 9.20. The topological polar surface area (TPSA) is 129 Å². The van der Waals surface area contributed by atoms with E-state index < -0.39 is 17.7 Å². The van der Waals surface area contributed by atoms with E-state index in [0.717, 1.165) is 12.8 Å². The molecule has 0 unspecified atom stereocenters. The maximum atomic E-state index is 12.4. The van der Waals surface area contributed by atoms with Gasteiger partial charge in [-0.1, -0.05) is 0 Å².